The van der Waals surface area contributed by atoms with Crippen molar-refractivity contribution in [3.63, 3.8) is 0 Å². The maximum atomic E-state index is 11.0. The lowest BCUT2D eigenvalue weighted by Gasteiger charge is -2.10. The SMILES string of the molecule is COc1nc(C2(C)CC2)cnc1C(N)=O. The molecule has 0 saturated heterocycles. The molecule has 1 aromatic heterocycles. The standard InChI is InChI=1S/C10H13N3O2/c1-10(3-4-10)6-5-12-7(8(11)14)9(13-6)15-2/h5H,3-4H2,1-2H3,(H2,11,14). The van der Waals surface area contributed by atoms with E-state index in [2.05, 4.69) is 16.9 Å². The van der Waals surface area contributed by atoms with E-state index < -0.39 is 5.91 Å². The van der Waals surface area contributed by atoms with E-state index in [0.717, 1.165) is 18.5 Å². The lowest BCUT2D eigenvalue weighted by Crippen LogP contribution is -2.17. The van der Waals surface area contributed by atoms with E-state index in [4.69, 9.17) is 10.5 Å². The van der Waals surface area contributed by atoms with Crippen LogP contribution in [0.4, 0.5) is 0 Å². The van der Waals surface area contributed by atoms with E-state index in [9.17, 15) is 4.79 Å². The molecule has 2 N–H and O–H groups in total. The Kier molecular flexibility index (Phi) is 2.10. The maximum Gasteiger partial charge on any atom is 0.272 e. The molecule has 0 aliphatic heterocycles. The summed E-state index contributed by atoms with van der Waals surface area (Å²) in [7, 11) is 1.45. The van der Waals surface area contributed by atoms with E-state index in [-0.39, 0.29) is 17.0 Å². The van der Waals surface area contributed by atoms with Crippen molar-refractivity contribution in [2.75, 3.05) is 7.11 Å². The summed E-state index contributed by atoms with van der Waals surface area (Å²) in [4.78, 5) is 19.3. The molecule has 1 fully saturated rings. The molecule has 15 heavy (non-hydrogen) atoms. The number of nitrogens with zero attached hydrogens (tertiary/aromatic N) is 2. The fourth-order valence-electron chi connectivity index (χ4n) is 1.42. The van der Waals surface area contributed by atoms with E-state index >= 15 is 0 Å². The van der Waals surface area contributed by atoms with Gasteiger partial charge in [-0.25, -0.2) is 9.97 Å². The second-order valence-corrected chi connectivity index (χ2v) is 4.04. The Morgan fingerprint density at radius 3 is 2.73 bits per heavy atom. The van der Waals surface area contributed by atoms with Crippen LogP contribution in [0.1, 0.15) is 35.9 Å². The van der Waals surface area contributed by atoms with Crippen molar-refractivity contribution in [3.8, 4) is 5.88 Å². The molecule has 0 aromatic carbocycles. The molecule has 1 aliphatic carbocycles. The van der Waals surface area contributed by atoms with E-state index in [1.54, 1.807) is 6.20 Å². The summed E-state index contributed by atoms with van der Waals surface area (Å²) in [5.74, 6) is -0.403. The summed E-state index contributed by atoms with van der Waals surface area (Å²) in [6.07, 6.45) is 3.80. The molecule has 1 heterocycles. The number of ether oxygens (including phenoxy) is 1. The van der Waals surface area contributed by atoms with Crippen LogP contribution in [0.15, 0.2) is 6.20 Å². The Labute approximate surface area is 87.7 Å². The minimum atomic E-state index is -0.619. The Morgan fingerprint density at radius 1 is 1.60 bits per heavy atom. The van der Waals surface area contributed by atoms with Crippen molar-refractivity contribution in [1.29, 1.82) is 0 Å². The van der Waals surface area contributed by atoms with Crippen molar-refractivity contribution in [2.24, 2.45) is 5.73 Å². The summed E-state index contributed by atoms with van der Waals surface area (Å²) in [6.45, 7) is 2.11. The van der Waals surface area contributed by atoms with Crippen LogP contribution in [0, 0.1) is 0 Å². The van der Waals surface area contributed by atoms with Gasteiger partial charge in [-0.05, 0) is 12.8 Å². The molecule has 0 unspecified atom stereocenters. The number of amides is 1. The summed E-state index contributed by atoms with van der Waals surface area (Å²) < 4.78 is 5.00. The first-order valence-electron chi connectivity index (χ1n) is 4.78. The first-order valence-corrected chi connectivity index (χ1v) is 4.78. The molecular weight excluding hydrogens is 194 g/mol. The summed E-state index contributed by atoms with van der Waals surface area (Å²) in [6, 6.07) is 0. The number of nitrogens with two attached hydrogens (primary N) is 1. The van der Waals surface area contributed by atoms with Crippen molar-refractivity contribution < 1.29 is 9.53 Å². The van der Waals surface area contributed by atoms with Gasteiger partial charge in [-0.15, -0.1) is 0 Å². The minimum Gasteiger partial charge on any atom is -0.479 e. The van der Waals surface area contributed by atoms with Crippen LogP contribution in [-0.4, -0.2) is 23.0 Å². The first kappa shape index (κ1) is 9.89. The van der Waals surface area contributed by atoms with Crippen LogP contribution in [0.2, 0.25) is 0 Å². The molecule has 0 atom stereocenters. The largest absolute Gasteiger partial charge is 0.479 e. The van der Waals surface area contributed by atoms with Gasteiger partial charge in [-0.1, -0.05) is 6.92 Å². The van der Waals surface area contributed by atoms with Crippen LogP contribution in [0.3, 0.4) is 0 Å². The Hall–Kier alpha value is -1.65. The number of primary amides is 1. The van der Waals surface area contributed by atoms with Crippen molar-refractivity contribution in [2.45, 2.75) is 25.2 Å². The highest BCUT2D eigenvalue weighted by molar-refractivity contribution is 5.92. The lowest BCUT2D eigenvalue weighted by atomic mass is 10.1. The highest BCUT2D eigenvalue weighted by Crippen LogP contribution is 2.46. The number of methoxy groups -OCH3 is 1. The van der Waals surface area contributed by atoms with Gasteiger partial charge in [0.1, 0.15) is 0 Å². The molecule has 0 radical (unpaired) electrons. The molecule has 5 nitrogen and oxygen atoms in total. The van der Waals surface area contributed by atoms with E-state index in [1.807, 2.05) is 0 Å². The zero-order valence-electron chi connectivity index (χ0n) is 8.78. The van der Waals surface area contributed by atoms with Gasteiger partial charge in [0.05, 0.1) is 19.0 Å². The number of hydrogen-bond acceptors (Lipinski definition) is 4. The van der Waals surface area contributed by atoms with Gasteiger partial charge in [0.2, 0.25) is 5.88 Å². The van der Waals surface area contributed by atoms with Crippen molar-refractivity contribution >= 4 is 5.91 Å². The Bertz CT molecular complexity index is 413. The van der Waals surface area contributed by atoms with E-state index in [1.165, 1.54) is 7.11 Å². The predicted octanol–water partition coefficient (Wildman–Crippen LogP) is 0.636. The van der Waals surface area contributed by atoms with Gasteiger partial charge in [0.15, 0.2) is 5.69 Å². The molecule has 1 aromatic rings. The quantitative estimate of drug-likeness (QED) is 0.788. The zero-order valence-corrected chi connectivity index (χ0v) is 8.78. The highest BCUT2D eigenvalue weighted by atomic mass is 16.5. The van der Waals surface area contributed by atoms with Crippen molar-refractivity contribution in [1.82, 2.24) is 9.97 Å². The average molecular weight is 207 g/mol. The lowest BCUT2D eigenvalue weighted by molar-refractivity contribution is 0.0991. The first-order chi connectivity index (χ1) is 7.07. The third-order valence-corrected chi connectivity index (χ3v) is 2.79. The maximum absolute atomic E-state index is 11.0. The number of carbonyl (C=O) groups excluding carboxylic acids is 1. The molecule has 1 saturated carbocycles. The zero-order chi connectivity index (χ0) is 11.1. The molecule has 0 spiro atoms. The molecule has 2 rings (SSSR count). The fourth-order valence-corrected chi connectivity index (χ4v) is 1.42. The van der Waals surface area contributed by atoms with Crippen LogP contribution >= 0.6 is 0 Å². The van der Waals surface area contributed by atoms with Crippen LogP contribution in [0.25, 0.3) is 0 Å². The number of rotatable bonds is 3. The molecule has 0 bridgehead atoms. The van der Waals surface area contributed by atoms with E-state index in [0.29, 0.717) is 0 Å². The smallest absolute Gasteiger partial charge is 0.272 e. The predicted molar refractivity (Wildman–Crippen MR) is 53.7 cm³/mol. The normalized spacial score (nSPS) is 17.2. The number of aromatic nitrogens is 2. The van der Waals surface area contributed by atoms with Gasteiger partial charge < -0.3 is 10.5 Å². The number of hydrogen-bond donors (Lipinski definition) is 1. The van der Waals surface area contributed by atoms with Crippen LogP contribution < -0.4 is 10.5 Å². The second kappa shape index (κ2) is 3.18. The molecule has 1 amide bonds. The van der Waals surface area contributed by atoms with Gasteiger partial charge in [0, 0.05) is 5.41 Å². The monoisotopic (exact) mass is 207 g/mol. The summed E-state index contributed by atoms with van der Waals surface area (Å²) in [5, 5.41) is 0. The van der Waals surface area contributed by atoms with Gasteiger partial charge in [-0.2, -0.15) is 0 Å². The Balaban J connectivity index is 2.43. The molecule has 5 heteroatoms. The third kappa shape index (κ3) is 1.65. The van der Waals surface area contributed by atoms with Gasteiger partial charge in [0.25, 0.3) is 5.91 Å². The molecule has 80 valence electrons. The average Bonchev–Trinajstić information content (AvgIpc) is 2.96. The topological polar surface area (TPSA) is 78.1 Å². The minimum absolute atomic E-state index is 0.0884. The highest BCUT2D eigenvalue weighted by Gasteiger charge is 2.41. The van der Waals surface area contributed by atoms with Crippen molar-refractivity contribution in [3.05, 3.63) is 17.6 Å². The summed E-state index contributed by atoms with van der Waals surface area (Å²) in [5.41, 5.74) is 6.20. The van der Waals surface area contributed by atoms with Gasteiger partial charge in [-0.3, -0.25) is 4.79 Å². The number of carbonyl (C=O) groups is 1. The van der Waals surface area contributed by atoms with Gasteiger partial charge >= 0.3 is 0 Å². The van der Waals surface area contributed by atoms with Crippen LogP contribution in [0.5, 0.6) is 5.88 Å². The molecular formula is C10H13N3O2. The fraction of sp³-hybridized carbons (Fsp3) is 0.500. The third-order valence-electron chi connectivity index (χ3n) is 2.79. The summed E-state index contributed by atoms with van der Waals surface area (Å²) >= 11 is 0. The molecule has 1 aliphatic rings. The Morgan fingerprint density at radius 2 is 2.27 bits per heavy atom. The van der Waals surface area contributed by atoms with Crippen LogP contribution in [-0.2, 0) is 5.41 Å². The second-order valence-electron chi connectivity index (χ2n) is 4.04.